The number of halogens is 2. The first-order valence-corrected chi connectivity index (χ1v) is 11.6. The van der Waals surface area contributed by atoms with E-state index < -0.39 is 11.9 Å². The van der Waals surface area contributed by atoms with Gasteiger partial charge in [0.1, 0.15) is 0 Å². The molecule has 0 spiro atoms. The zero-order valence-corrected chi connectivity index (χ0v) is 23.1. The summed E-state index contributed by atoms with van der Waals surface area (Å²) in [6.07, 6.45) is 8.09. The maximum absolute atomic E-state index is 9.70. The van der Waals surface area contributed by atoms with Crippen molar-refractivity contribution in [2.24, 2.45) is 11.8 Å². The largest absolute Gasteiger partial charge is 0.481 e. The number of hydrogen-bond donors (Lipinski definition) is 4. The molecule has 10 heteroatoms. The van der Waals surface area contributed by atoms with Gasteiger partial charge < -0.3 is 20.2 Å². The summed E-state index contributed by atoms with van der Waals surface area (Å²) in [6, 6.07) is 16.4. The van der Waals surface area contributed by atoms with Crippen molar-refractivity contribution >= 4 is 83.1 Å². The third-order valence-corrected chi connectivity index (χ3v) is 5.03. The van der Waals surface area contributed by atoms with Crippen LogP contribution in [-0.4, -0.2) is 42.1 Å². The van der Waals surface area contributed by atoms with Gasteiger partial charge in [0.2, 0.25) is 0 Å². The van der Waals surface area contributed by atoms with E-state index in [4.69, 9.17) is 10.2 Å². The van der Waals surface area contributed by atoms with Crippen molar-refractivity contribution in [2.45, 2.75) is 27.7 Å². The first-order valence-electron chi connectivity index (χ1n) is 11.6. The third-order valence-electron chi connectivity index (χ3n) is 5.03. The molecule has 2 aliphatic heterocycles. The van der Waals surface area contributed by atoms with E-state index in [1.807, 2.05) is 48.6 Å². The molecular formula is C28H32Cl2N4O4. The Morgan fingerprint density at radius 3 is 0.974 bits per heavy atom. The number of nitrogens with one attached hydrogen (secondary N) is 2. The van der Waals surface area contributed by atoms with Crippen LogP contribution in [0.2, 0.25) is 0 Å². The van der Waals surface area contributed by atoms with Crippen molar-refractivity contribution in [3.8, 4) is 0 Å². The Morgan fingerprint density at radius 1 is 0.579 bits per heavy atom. The number of carboxylic acid groups (broad SMARTS) is 2. The second kappa shape index (κ2) is 14.8. The first-order chi connectivity index (χ1) is 17.1. The number of aromatic amines is 2. The number of fused-ring (bicyclic) bond motifs is 8. The molecule has 202 valence electrons. The lowest BCUT2D eigenvalue weighted by atomic mass is 10.2. The predicted molar refractivity (Wildman–Crippen MR) is 158 cm³/mol. The van der Waals surface area contributed by atoms with E-state index in [1.54, 1.807) is 27.7 Å². The van der Waals surface area contributed by atoms with Gasteiger partial charge in [-0.2, -0.15) is 0 Å². The van der Waals surface area contributed by atoms with Crippen molar-refractivity contribution in [3.63, 3.8) is 0 Å². The van der Waals surface area contributed by atoms with Crippen LogP contribution >= 0.6 is 24.8 Å². The minimum atomic E-state index is -0.741. The van der Waals surface area contributed by atoms with E-state index in [1.165, 1.54) is 0 Å². The van der Waals surface area contributed by atoms with Gasteiger partial charge in [-0.05, 0) is 72.8 Å². The lowest BCUT2D eigenvalue weighted by molar-refractivity contribution is -0.141. The minimum Gasteiger partial charge on any atom is -0.481 e. The maximum atomic E-state index is 9.70. The molecule has 2 aliphatic rings. The van der Waals surface area contributed by atoms with Crippen molar-refractivity contribution < 1.29 is 19.8 Å². The Morgan fingerprint density at radius 2 is 0.789 bits per heavy atom. The van der Waals surface area contributed by atoms with Gasteiger partial charge in [0.05, 0.1) is 34.6 Å². The van der Waals surface area contributed by atoms with E-state index >= 15 is 0 Å². The van der Waals surface area contributed by atoms with Crippen LogP contribution in [0.4, 0.5) is 0 Å². The SMILES string of the molecule is C1=Cc2cc3ccc(cc4nc(cc5ccc(cc1n2)[nH]5)C=C4)[nH]3.CC(C)C(=O)O.CC(C)C(=O)O.Cl.Cl. The molecule has 3 aromatic rings. The molecule has 5 heterocycles. The number of carboxylic acids is 2. The second-order valence-electron chi connectivity index (χ2n) is 8.89. The molecule has 5 rings (SSSR count). The Bertz CT molecular complexity index is 1280. The van der Waals surface area contributed by atoms with E-state index in [0.717, 1.165) is 44.8 Å². The smallest absolute Gasteiger partial charge is 0.305 e. The molecular weight excluding hydrogens is 527 g/mol. The van der Waals surface area contributed by atoms with Crippen LogP contribution in [0.1, 0.15) is 50.5 Å². The normalized spacial score (nSPS) is 10.9. The van der Waals surface area contributed by atoms with Crippen molar-refractivity contribution in [2.75, 3.05) is 0 Å². The van der Waals surface area contributed by atoms with Crippen LogP contribution < -0.4 is 0 Å². The van der Waals surface area contributed by atoms with Crippen LogP contribution in [0, 0.1) is 11.8 Å². The maximum Gasteiger partial charge on any atom is 0.305 e. The zero-order chi connectivity index (χ0) is 26.2. The van der Waals surface area contributed by atoms with Crippen LogP contribution in [0.5, 0.6) is 0 Å². The molecule has 0 saturated carbocycles. The molecule has 8 nitrogen and oxygen atoms in total. The summed E-state index contributed by atoms with van der Waals surface area (Å²) >= 11 is 0. The van der Waals surface area contributed by atoms with Gasteiger partial charge >= 0.3 is 11.9 Å². The average molecular weight is 559 g/mol. The highest BCUT2D eigenvalue weighted by Crippen LogP contribution is 2.16. The Balaban J connectivity index is 0.000000439. The monoisotopic (exact) mass is 558 g/mol. The fourth-order valence-electron chi connectivity index (χ4n) is 2.94. The summed E-state index contributed by atoms with van der Waals surface area (Å²) in [6.45, 7) is 6.56. The van der Waals surface area contributed by atoms with Gasteiger partial charge in [0.15, 0.2) is 0 Å². The number of carbonyl (C=O) groups is 2. The number of H-pyrrole nitrogens is 2. The lowest BCUT2D eigenvalue weighted by Gasteiger charge is -1.89. The standard InChI is InChI=1S/C20H14N4.2C4H8O2.2ClH/c1-2-14-10-16-5-6-18(23-16)12-20-8-7-19(24-20)11-17-4-3-15(22-17)9-13(1)21-14;2*1-3(2)4(5)6;;/h1-12,21,24H;2*3H,1-2H3,(H,5,6);2*1H. The Hall–Kier alpha value is -3.88. The van der Waals surface area contributed by atoms with Crippen molar-refractivity contribution in [1.82, 2.24) is 19.9 Å². The number of aliphatic carboxylic acids is 2. The first kappa shape index (κ1) is 32.1. The molecule has 0 fully saturated rings. The van der Waals surface area contributed by atoms with Gasteiger partial charge in [-0.1, -0.05) is 27.7 Å². The highest BCUT2D eigenvalue weighted by molar-refractivity contribution is 5.85. The molecule has 0 unspecified atom stereocenters. The highest BCUT2D eigenvalue weighted by Gasteiger charge is 2.01. The quantitative estimate of drug-likeness (QED) is 0.185. The fourth-order valence-corrected chi connectivity index (χ4v) is 2.94. The van der Waals surface area contributed by atoms with Gasteiger partial charge in [-0.3, -0.25) is 9.59 Å². The van der Waals surface area contributed by atoms with Gasteiger partial charge in [-0.15, -0.1) is 24.8 Å². The zero-order valence-electron chi connectivity index (χ0n) is 21.5. The molecule has 38 heavy (non-hydrogen) atoms. The lowest BCUT2D eigenvalue weighted by Crippen LogP contribution is -2.03. The second-order valence-corrected chi connectivity index (χ2v) is 8.89. The third kappa shape index (κ3) is 9.88. The van der Waals surface area contributed by atoms with Crippen LogP contribution in [0.15, 0.2) is 48.5 Å². The van der Waals surface area contributed by atoms with Crippen molar-refractivity contribution in [1.29, 1.82) is 0 Å². The average Bonchev–Trinajstić information content (AvgIpc) is 3.60. The molecule has 0 atom stereocenters. The van der Waals surface area contributed by atoms with E-state index in [9.17, 15) is 9.59 Å². The topological polar surface area (TPSA) is 132 Å². The summed E-state index contributed by atoms with van der Waals surface area (Å²) in [7, 11) is 0. The van der Waals surface area contributed by atoms with Gasteiger partial charge in [0.25, 0.3) is 0 Å². The summed E-state index contributed by atoms with van der Waals surface area (Å²) < 4.78 is 0. The number of nitrogens with zero attached hydrogens (tertiary/aromatic N) is 2. The number of aromatic nitrogens is 4. The van der Waals surface area contributed by atoms with Gasteiger partial charge in [-0.25, -0.2) is 9.97 Å². The van der Waals surface area contributed by atoms with E-state index in [-0.39, 0.29) is 36.6 Å². The molecule has 0 aromatic carbocycles. The highest BCUT2D eigenvalue weighted by atomic mass is 35.5. The molecule has 8 bridgehead atoms. The minimum absolute atomic E-state index is 0. The molecule has 0 saturated heterocycles. The summed E-state index contributed by atoms with van der Waals surface area (Å²) in [5, 5.41) is 16.0. The van der Waals surface area contributed by atoms with Gasteiger partial charge in [0, 0.05) is 22.1 Å². The van der Waals surface area contributed by atoms with Crippen LogP contribution in [0.3, 0.4) is 0 Å². The van der Waals surface area contributed by atoms with Crippen LogP contribution in [0.25, 0.3) is 46.4 Å². The number of rotatable bonds is 2. The Kier molecular flexibility index (Phi) is 12.5. The summed E-state index contributed by atoms with van der Waals surface area (Å²) in [4.78, 5) is 35.4. The van der Waals surface area contributed by atoms with Crippen LogP contribution in [-0.2, 0) is 9.59 Å². The summed E-state index contributed by atoms with van der Waals surface area (Å²) in [5.41, 5.74) is 7.86. The van der Waals surface area contributed by atoms with E-state index in [0.29, 0.717) is 0 Å². The molecule has 4 N–H and O–H groups in total. The van der Waals surface area contributed by atoms with E-state index in [2.05, 4.69) is 44.2 Å². The summed E-state index contributed by atoms with van der Waals surface area (Å²) in [5.74, 6) is -1.94. The molecule has 3 aromatic heterocycles. The number of hydrogen-bond acceptors (Lipinski definition) is 4. The Labute approximate surface area is 233 Å². The fraction of sp³-hybridized carbons (Fsp3) is 0.214. The predicted octanol–water partition coefficient (Wildman–Crippen LogP) is 6.95. The molecule has 0 amide bonds. The molecule has 0 radical (unpaired) electrons. The molecule has 0 aliphatic carbocycles. The van der Waals surface area contributed by atoms with Crippen molar-refractivity contribution in [3.05, 3.63) is 71.3 Å².